The van der Waals surface area contributed by atoms with Gasteiger partial charge in [0.05, 0.1) is 0 Å². The molecule has 0 unspecified atom stereocenters. The first-order chi connectivity index (χ1) is 9.42. The molecule has 5 rings (SSSR count). The Hall–Kier alpha value is -2.08. The first-order valence-corrected chi connectivity index (χ1v) is 7.03. The lowest BCUT2D eigenvalue weighted by atomic mass is 9.95. The Bertz CT molecular complexity index is 720. The van der Waals surface area contributed by atoms with Crippen molar-refractivity contribution in [2.24, 2.45) is 0 Å². The van der Waals surface area contributed by atoms with Gasteiger partial charge in [0.1, 0.15) is 0 Å². The Labute approximate surface area is 113 Å². The van der Waals surface area contributed by atoms with E-state index in [4.69, 9.17) is 0 Å². The molecule has 0 aliphatic heterocycles. The highest BCUT2D eigenvalue weighted by Crippen LogP contribution is 2.54. The summed E-state index contributed by atoms with van der Waals surface area (Å²) in [6.45, 7) is 0. The first kappa shape index (κ1) is 9.80. The number of hydrogen-bond donors (Lipinski definition) is 0. The highest BCUT2D eigenvalue weighted by atomic mass is 14.4. The van der Waals surface area contributed by atoms with E-state index in [1.165, 1.54) is 41.5 Å². The molecular weight excluding hydrogens is 228 g/mol. The standard InChI is InChI=1S/C19H14/c1-3-7-16-12(5-1)9-14-11-15-10-13-6-2-4-8-17(13)19(15)18(14)16/h1-8H,9-11H2. The maximum Gasteiger partial charge on any atom is -0.00483 e. The van der Waals surface area contributed by atoms with E-state index in [-0.39, 0.29) is 0 Å². The molecular formula is C19H14. The van der Waals surface area contributed by atoms with Crippen molar-refractivity contribution < 1.29 is 0 Å². The molecule has 0 atom stereocenters. The van der Waals surface area contributed by atoms with Gasteiger partial charge in [-0.1, -0.05) is 59.7 Å². The lowest BCUT2D eigenvalue weighted by Gasteiger charge is -2.09. The van der Waals surface area contributed by atoms with E-state index < -0.39 is 0 Å². The summed E-state index contributed by atoms with van der Waals surface area (Å²) in [6, 6.07) is 17.9. The molecule has 3 aliphatic carbocycles. The van der Waals surface area contributed by atoms with E-state index in [2.05, 4.69) is 48.5 Å². The third kappa shape index (κ3) is 1.14. The van der Waals surface area contributed by atoms with E-state index in [9.17, 15) is 0 Å². The zero-order chi connectivity index (χ0) is 12.4. The Morgan fingerprint density at radius 3 is 1.53 bits per heavy atom. The topological polar surface area (TPSA) is 0 Å². The quantitative estimate of drug-likeness (QED) is 0.642. The fourth-order valence-electron chi connectivity index (χ4n) is 4.04. The molecule has 2 aromatic rings. The van der Waals surface area contributed by atoms with Crippen molar-refractivity contribution in [2.45, 2.75) is 19.3 Å². The molecule has 90 valence electrons. The van der Waals surface area contributed by atoms with Crippen molar-refractivity contribution in [3.05, 3.63) is 81.9 Å². The summed E-state index contributed by atoms with van der Waals surface area (Å²) in [4.78, 5) is 0. The minimum atomic E-state index is 1.17. The van der Waals surface area contributed by atoms with Crippen LogP contribution in [0.25, 0.3) is 11.1 Å². The minimum absolute atomic E-state index is 1.17. The van der Waals surface area contributed by atoms with E-state index in [0.717, 1.165) is 0 Å². The lowest BCUT2D eigenvalue weighted by Crippen LogP contribution is -1.88. The molecule has 0 N–H and O–H groups in total. The summed E-state index contributed by atoms with van der Waals surface area (Å²) >= 11 is 0. The normalized spacial score (nSPS) is 18.5. The Kier molecular flexibility index (Phi) is 1.69. The van der Waals surface area contributed by atoms with Gasteiger partial charge in [-0.15, -0.1) is 0 Å². The average molecular weight is 242 g/mol. The molecule has 0 nitrogen and oxygen atoms in total. The molecule has 0 heterocycles. The molecule has 0 bridgehead atoms. The van der Waals surface area contributed by atoms with Crippen molar-refractivity contribution in [3.8, 4) is 0 Å². The Morgan fingerprint density at radius 2 is 1.00 bits per heavy atom. The molecule has 0 saturated carbocycles. The number of rotatable bonds is 0. The van der Waals surface area contributed by atoms with E-state index in [0.29, 0.717) is 0 Å². The zero-order valence-corrected chi connectivity index (χ0v) is 10.7. The smallest absolute Gasteiger partial charge is 0.00483 e. The second-order valence-electron chi connectivity index (χ2n) is 5.80. The van der Waals surface area contributed by atoms with Crippen LogP contribution in [0.3, 0.4) is 0 Å². The summed E-state index contributed by atoms with van der Waals surface area (Å²) in [5.74, 6) is 0. The third-order valence-electron chi connectivity index (χ3n) is 4.76. The molecule has 0 fully saturated rings. The van der Waals surface area contributed by atoms with Crippen LogP contribution in [0.4, 0.5) is 0 Å². The summed E-state index contributed by atoms with van der Waals surface area (Å²) in [5.41, 5.74) is 12.4. The Morgan fingerprint density at radius 1 is 0.526 bits per heavy atom. The van der Waals surface area contributed by atoms with Crippen molar-refractivity contribution in [3.63, 3.8) is 0 Å². The third-order valence-corrected chi connectivity index (χ3v) is 4.76. The van der Waals surface area contributed by atoms with Crippen LogP contribution in [0.15, 0.2) is 59.7 Å². The van der Waals surface area contributed by atoms with E-state index >= 15 is 0 Å². The SMILES string of the molecule is c1ccc2c(c1)CC1=C2C2=C(C1)Cc1ccccc12. The highest BCUT2D eigenvalue weighted by molar-refractivity contribution is 6.14. The van der Waals surface area contributed by atoms with Crippen molar-refractivity contribution in [1.82, 2.24) is 0 Å². The maximum absolute atomic E-state index is 2.30. The van der Waals surface area contributed by atoms with Gasteiger partial charge in [0, 0.05) is 0 Å². The largest absolute Gasteiger partial charge is 0.0619 e. The summed E-state index contributed by atoms with van der Waals surface area (Å²) in [6.07, 6.45) is 3.54. The lowest BCUT2D eigenvalue weighted by molar-refractivity contribution is 1.02. The second kappa shape index (κ2) is 3.27. The molecule has 0 radical (unpaired) electrons. The van der Waals surface area contributed by atoms with Crippen molar-refractivity contribution in [1.29, 1.82) is 0 Å². The van der Waals surface area contributed by atoms with Gasteiger partial charge in [0.2, 0.25) is 0 Å². The molecule has 3 aliphatic rings. The molecule has 0 spiro atoms. The molecule has 0 heteroatoms. The summed E-state index contributed by atoms with van der Waals surface area (Å²) in [5, 5.41) is 0. The van der Waals surface area contributed by atoms with E-state index in [1.807, 2.05) is 0 Å². The highest BCUT2D eigenvalue weighted by Gasteiger charge is 2.35. The maximum atomic E-state index is 2.30. The van der Waals surface area contributed by atoms with Crippen LogP contribution < -0.4 is 0 Å². The van der Waals surface area contributed by atoms with Crippen LogP contribution in [0.5, 0.6) is 0 Å². The number of allylic oxidation sites excluding steroid dienone is 4. The number of fused-ring (bicyclic) bond motifs is 5. The Balaban J connectivity index is 1.76. The summed E-state index contributed by atoms with van der Waals surface area (Å²) in [7, 11) is 0. The second-order valence-corrected chi connectivity index (χ2v) is 5.80. The molecule has 0 amide bonds. The van der Waals surface area contributed by atoms with Crippen LogP contribution in [0, 0.1) is 0 Å². The predicted molar refractivity (Wildman–Crippen MR) is 78.7 cm³/mol. The fraction of sp³-hybridized carbons (Fsp3) is 0.158. The molecule has 0 aromatic heterocycles. The van der Waals surface area contributed by atoms with Crippen LogP contribution >= 0.6 is 0 Å². The average Bonchev–Trinajstić information content (AvgIpc) is 3.04. The van der Waals surface area contributed by atoms with Gasteiger partial charge >= 0.3 is 0 Å². The predicted octanol–water partition coefficient (Wildman–Crippen LogP) is 4.41. The summed E-state index contributed by atoms with van der Waals surface area (Å²) < 4.78 is 0. The number of benzene rings is 2. The molecule has 19 heavy (non-hydrogen) atoms. The van der Waals surface area contributed by atoms with Crippen LogP contribution in [-0.2, 0) is 12.8 Å². The van der Waals surface area contributed by atoms with Gasteiger partial charge in [-0.2, -0.15) is 0 Å². The monoisotopic (exact) mass is 242 g/mol. The first-order valence-electron chi connectivity index (χ1n) is 7.03. The number of hydrogen-bond acceptors (Lipinski definition) is 0. The van der Waals surface area contributed by atoms with Gasteiger partial charge in [-0.05, 0) is 52.7 Å². The van der Waals surface area contributed by atoms with Gasteiger partial charge in [-0.25, -0.2) is 0 Å². The van der Waals surface area contributed by atoms with Gasteiger partial charge in [0.15, 0.2) is 0 Å². The zero-order valence-electron chi connectivity index (χ0n) is 10.7. The van der Waals surface area contributed by atoms with E-state index in [1.54, 1.807) is 22.3 Å². The van der Waals surface area contributed by atoms with Crippen LogP contribution in [0.2, 0.25) is 0 Å². The van der Waals surface area contributed by atoms with Crippen LogP contribution in [-0.4, -0.2) is 0 Å². The van der Waals surface area contributed by atoms with Gasteiger partial charge in [0.25, 0.3) is 0 Å². The van der Waals surface area contributed by atoms with Gasteiger partial charge in [-0.3, -0.25) is 0 Å². The fourth-order valence-corrected chi connectivity index (χ4v) is 4.04. The molecule has 2 aromatic carbocycles. The minimum Gasteiger partial charge on any atom is -0.0619 e. The van der Waals surface area contributed by atoms with Gasteiger partial charge < -0.3 is 0 Å². The molecule has 0 saturated heterocycles. The van der Waals surface area contributed by atoms with Crippen LogP contribution in [0.1, 0.15) is 28.7 Å². The van der Waals surface area contributed by atoms with Crippen molar-refractivity contribution >= 4 is 11.1 Å². The van der Waals surface area contributed by atoms with Crippen molar-refractivity contribution in [2.75, 3.05) is 0 Å².